The van der Waals surface area contributed by atoms with Crippen molar-refractivity contribution in [2.45, 2.75) is 32.5 Å². The van der Waals surface area contributed by atoms with Crippen molar-refractivity contribution < 1.29 is 13.2 Å². The lowest BCUT2D eigenvalue weighted by atomic mass is 10.1. The van der Waals surface area contributed by atoms with Gasteiger partial charge >= 0.3 is 0 Å². The van der Waals surface area contributed by atoms with E-state index in [4.69, 9.17) is 4.98 Å². The number of nitrogens with zero attached hydrogens (tertiary/aromatic N) is 2. The average Bonchev–Trinajstić information content (AvgIpc) is 3.33. The number of benzene rings is 2. The van der Waals surface area contributed by atoms with E-state index in [1.165, 1.54) is 0 Å². The van der Waals surface area contributed by atoms with Crippen molar-refractivity contribution in [2.24, 2.45) is 0 Å². The summed E-state index contributed by atoms with van der Waals surface area (Å²) < 4.78 is 27.1. The second-order valence-electron chi connectivity index (χ2n) is 7.52. The summed E-state index contributed by atoms with van der Waals surface area (Å²) in [7, 11) is -3.29. The van der Waals surface area contributed by atoms with E-state index in [1.54, 1.807) is 24.3 Å². The highest BCUT2D eigenvalue weighted by atomic mass is 32.2. The lowest BCUT2D eigenvalue weighted by Crippen LogP contribution is -2.24. The minimum absolute atomic E-state index is 0.149. The summed E-state index contributed by atoms with van der Waals surface area (Å²) in [4.78, 5) is 17.3. The van der Waals surface area contributed by atoms with Gasteiger partial charge in [0.2, 0.25) is 10.0 Å². The summed E-state index contributed by atoms with van der Waals surface area (Å²) >= 11 is 0. The van der Waals surface area contributed by atoms with E-state index in [0.29, 0.717) is 12.1 Å². The maximum Gasteiger partial charge on any atom is 0.251 e. The maximum absolute atomic E-state index is 12.6. The van der Waals surface area contributed by atoms with Crippen molar-refractivity contribution in [3.05, 3.63) is 77.2 Å². The third kappa shape index (κ3) is 4.95. The number of amides is 1. The van der Waals surface area contributed by atoms with Gasteiger partial charge in [-0.3, -0.25) is 4.79 Å². The van der Waals surface area contributed by atoms with Gasteiger partial charge in [-0.1, -0.05) is 30.3 Å². The molecular weight excluding hydrogens is 400 g/mol. The molecule has 4 rings (SSSR count). The summed E-state index contributed by atoms with van der Waals surface area (Å²) in [5.41, 5.74) is 4.21. The summed E-state index contributed by atoms with van der Waals surface area (Å²) in [5.74, 6) is 0.927. The molecule has 0 aliphatic carbocycles. The van der Waals surface area contributed by atoms with Crippen LogP contribution in [0.15, 0.2) is 54.7 Å². The molecule has 0 saturated carbocycles. The zero-order valence-electron chi connectivity index (χ0n) is 16.8. The maximum atomic E-state index is 12.6. The summed E-state index contributed by atoms with van der Waals surface area (Å²) in [6.45, 7) is 1.57. The highest BCUT2D eigenvalue weighted by Gasteiger charge is 2.15. The van der Waals surface area contributed by atoms with Gasteiger partial charge < -0.3 is 9.88 Å². The standard InChI is InChI=1S/C22H24N4O3S/c1-30(28,29)24-14-17-6-3-8-19(12-17)22(27)23-13-16-5-2-7-18(11-16)20-15-26-10-4-9-21(26)25-20/h2-3,5-8,11-12,15,24H,4,9-10,13-14H2,1H3,(H,23,27). The molecule has 0 saturated heterocycles. The minimum atomic E-state index is -3.29. The van der Waals surface area contributed by atoms with E-state index in [-0.39, 0.29) is 12.5 Å². The van der Waals surface area contributed by atoms with Crippen molar-refractivity contribution in [1.82, 2.24) is 19.6 Å². The molecule has 2 N–H and O–H groups in total. The normalized spacial score (nSPS) is 13.2. The number of carbonyl (C=O) groups is 1. The highest BCUT2D eigenvalue weighted by molar-refractivity contribution is 7.88. The molecule has 3 aromatic rings. The summed E-state index contributed by atoms with van der Waals surface area (Å²) in [5, 5.41) is 2.93. The van der Waals surface area contributed by atoms with Crippen molar-refractivity contribution in [2.75, 3.05) is 6.26 Å². The van der Waals surface area contributed by atoms with Gasteiger partial charge in [-0.25, -0.2) is 18.1 Å². The molecule has 0 unspecified atom stereocenters. The predicted molar refractivity (Wildman–Crippen MR) is 115 cm³/mol. The first-order valence-electron chi connectivity index (χ1n) is 9.84. The van der Waals surface area contributed by atoms with Crippen molar-refractivity contribution in [3.8, 4) is 11.3 Å². The third-order valence-electron chi connectivity index (χ3n) is 5.06. The molecule has 2 aromatic carbocycles. The summed E-state index contributed by atoms with van der Waals surface area (Å²) in [6, 6.07) is 14.9. The van der Waals surface area contributed by atoms with Crippen LogP contribution in [0.3, 0.4) is 0 Å². The van der Waals surface area contributed by atoms with Gasteiger partial charge in [0.05, 0.1) is 11.9 Å². The Labute approximate surface area is 176 Å². The van der Waals surface area contributed by atoms with Gasteiger partial charge in [-0.15, -0.1) is 0 Å². The molecule has 8 heteroatoms. The fourth-order valence-electron chi connectivity index (χ4n) is 3.56. The SMILES string of the molecule is CS(=O)(=O)NCc1cccc(C(=O)NCc2cccc(-c3cn4c(n3)CCC4)c2)c1. The van der Waals surface area contributed by atoms with Crippen molar-refractivity contribution >= 4 is 15.9 Å². The quantitative estimate of drug-likeness (QED) is 0.609. The average molecular weight is 425 g/mol. The third-order valence-corrected chi connectivity index (χ3v) is 5.73. The molecule has 1 amide bonds. The molecule has 7 nitrogen and oxygen atoms in total. The van der Waals surface area contributed by atoms with E-state index >= 15 is 0 Å². The van der Waals surface area contributed by atoms with Crippen LogP contribution >= 0.6 is 0 Å². The Kier molecular flexibility index (Phi) is 5.69. The van der Waals surface area contributed by atoms with Crippen LogP contribution in [-0.2, 0) is 36.1 Å². The van der Waals surface area contributed by atoms with Gasteiger partial charge in [0.15, 0.2) is 0 Å². The van der Waals surface area contributed by atoms with E-state index in [2.05, 4.69) is 20.8 Å². The van der Waals surface area contributed by atoms with Crippen molar-refractivity contribution in [1.29, 1.82) is 0 Å². The first kappa shape index (κ1) is 20.3. The molecule has 30 heavy (non-hydrogen) atoms. The molecule has 0 fully saturated rings. The van der Waals surface area contributed by atoms with E-state index in [1.807, 2.05) is 24.3 Å². The number of hydrogen-bond donors (Lipinski definition) is 2. The van der Waals surface area contributed by atoms with Crippen LogP contribution in [0.5, 0.6) is 0 Å². The Morgan fingerprint density at radius 1 is 1.10 bits per heavy atom. The second-order valence-corrected chi connectivity index (χ2v) is 9.35. The number of carbonyl (C=O) groups excluding carboxylic acids is 1. The number of aryl methyl sites for hydroxylation is 2. The molecule has 0 atom stereocenters. The molecule has 1 aliphatic heterocycles. The Hall–Kier alpha value is -2.97. The van der Waals surface area contributed by atoms with Crippen LogP contribution in [0.4, 0.5) is 0 Å². The lowest BCUT2D eigenvalue weighted by molar-refractivity contribution is 0.0951. The van der Waals surface area contributed by atoms with E-state index < -0.39 is 10.0 Å². The van der Waals surface area contributed by atoms with Crippen LogP contribution < -0.4 is 10.0 Å². The fourth-order valence-corrected chi connectivity index (χ4v) is 3.98. The minimum Gasteiger partial charge on any atom is -0.348 e. The number of fused-ring (bicyclic) bond motifs is 1. The van der Waals surface area contributed by atoms with Crippen LogP contribution in [0, 0.1) is 0 Å². The van der Waals surface area contributed by atoms with Gasteiger partial charge in [0.25, 0.3) is 5.91 Å². The Bertz CT molecular complexity index is 1160. The van der Waals surface area contributed by atoms with Crippen LogP contribution in [0.1, 0.15) is 33.7 Å². The number of aromatic nitrogens is 2. The van der Waals surface area contributed by atoms with Gasteiger partial charge in [-0.2, -0.15) is 0 Å². The largest absolute Gasteiger partial charge is 0.348 e. The Morgan fingerprint density at radius 3 is 2.63 bits per heavy atom. The van der Waals surface area contributed by atoms with Gasteiger partial charge in [0, 0.05) is 43.4 Å². The molecule has 0 radical (unpaired) electrons. The first-order valence-corrected chi connectivity index (χ1v) is 11.7. The van der Waals surface area contributed by atoms with Gasteiger partial charge in [0.1, 0.15) is 5.82 Å². The monoisotopic (exact) mass is 424 g/mol. The molecule has 1 aliphatic rings. The Morgan fingerprint density at radius 2 is 1.87 bits per heavy atom. The second kappa shape index (κ2) is 8.41. The van der Waals surface area contributed by atoms with Crippen LogP contribution in [-0.4, -0.2) is 30.1 Å². The van der Waals surface area contributed by atoms with Crippen LogP contribution in [0.25, 0.3) is 11.3 Å². The molecular formula is C22H24N4O3S. The summed E-state index contributed by atoms with van der Waals surface area (Å²) in [6.07, 6.45) is 5.37. The predicted octanol–water partition coefficient (Wildman–Crippen LogP) is 2.48. The number of imidazole rings is 1. The number of hydrogen-bond acceptors (Lipinski definition) is 4. The van der Waals surface area contributed by atoms with Crippen LogP contribution in [0.2, 0.25) is 0 Å². The zero-order chi connectivity index (χ0) is 21.1. The lowest BCUT2D eigenvalue weighted by Gasteiger charge is -2.08. The smallest absolute Gasteiger partial charge is 0.251 e. The molecule has 1 aromatic heterocycles. The molecule has 156 valence electrons. The number of rotatable bonds is 7. The van der Waals surface area contributed by atoms with E-state index in [0.717, 1.165) is 53.9 Å². The highest BCUT2D eigenvalue weighted by Crippen LogP contribution is 2.23. The van der Waals surface area contributed by atoms with Crippen molar-refractivity contribution in [3.63, 3.8) is 0 Å². The number of nitrogens with one attached hydrogen (secondary N) is 2. The topological polar surface area (TPSA) is 93.1 Å². The molecule has 0 spiro atoms. The van der Waals surface area contributed by atoms with Gasteiger partial charge in [-0.05, 0) is 35.7 Å². The Balaban J connectivity index is 1.40. The zero-order valence-corrected chi connectivity index (χ0v) is 17.6. The molecule has 0 bridgehead atoms. The first-order chi connectivity index (χ1) is 14.4. The number of sulfonamides is 1. The fraction of sp³-hybridized carbons (Fsp3) is 0.273. The van der Waals surface area contributed by atoms with E-state index in [9.17, 15) is 13.2 Å². The molecule has 2 heterocycles.